The van der Waals surface area contributed by atoms with Crippen LogP contribution in [0.1, 0.15) is 36.6 Å². The van der Waals surface area contributed by atoms with E-state index in [2.05, 4.69) is 4.98 Å². The Morgan fingerprint density at radius 1 is 1.11 bits per heavy atom. The Morgan fingerprint density at radius 3 is 2.56 bits per heavy atom. The summed E-state index contributed by atoms with van der Waals surface area (Å²) in [4.78, 5) is 47.0. The fourth-order valence-corrected chi connectivity index (χ4v) is 5.20. The van der Waals surface area contributed by atoms with Gasteiger partial charge in [0.05, 0.1) is 11.7 Å². The van der Waals surface area contributed by atoms with E-state index >= 15 is 0 Å². The lowest BCUT2D eigenvalue weighted by atomic mass is 9.97. The summed E-state index contributed by atoms with van der Waals surface area (Å²) in [5, 5.41) is 0.764. The zero-order valence-electron chi connectivity index (χ0n) is 15.6. The van der Waals surface area contributed by atoms with E-state index in [4.69, 9.17) is 0 Å². The maximum atomic E-state index is 12.9. The Bertz CT molecular complexity index is 940. The molecule has 2 aromatic rings. The highest BCUT2D eigenvalue weighted by Gasteiger charge is 2.23. The highest BCUT2D eigenvalue weighted by Crippen LogP contribution is 2.33. The molecule has 0 saturated carbocycles. The first-order valence-electron chi connectivity index (χ1n) is 9.57. The van der Waals surface area contributed by atoms with Crippen molar-refractivity contribution in [1.82, 2.24) is 19.4 Å². The molecule has 4 rings (SSSR count). The molecule has 1 saturated heterocycles. The van der Waals surface area contributed by atoms with Crippen molar-refractivity contribution in [3.8, 4) is 0 Å². The molecule has 0 unspecified atom stereocenters. The second-order valence-electron chi connectivity index (χ2n) is 7.27. The lowest BCUT2D eigenvalue weighted by Gasteiger charge is -2.34. The molecule has 1 fully saturated rings. The Labute approximate surface area is 161 Å². The van der Waals surface area contributed by atoms with Crippen molar-refractivity contribution in [3.05, 3.63) is 27.1 Å². The summed E-state index contributed by atoms with van der Waals surface area (Å²) in [6.07, 6.45) is 6.15. The van der Waals surface area contributed by atoms with Crippen LogP contribution in [-0.4, -0.2) is 57.3 Å². The SMILES string of the molecule is CC(=O)N1CCN(C(=O)CCn2cnc3sc4c(c3c2=O)CCCC4)CC1. The van der Waals surface area contributed by atoms with Gasteiger partial charge < -0.3 is 9.80 Å². The minimum absolute atomic E-state index is 0.0198. The van der Waals surface area contributed by atoms with E-state index in [1.807, 2.05) is 0 Å². The van der Waals surface area contributed by atoms with Crippen molar-refractivity contribution in [2.45, 2.75) is 45.6 Å². The van der Waals surface area contributed by atoms with Crippen molar-refractivity contribution in [1.29, 1.82) is 0 Å². The van der Waals surface area contributed by atoms with Gasteiger partial charge in [0.1, 0.15) is 4.83 Å². The number of carbonyl (C=O) groups is 2. The van der Waals surface area contributed by atoms with Gasteiger partial charge in [-0.05, 0) is 31.2 Å². The van der Waals surface area contributed by atoms with Crippen molar-refractivity contribution < 1.29 is 9.59 Å². The van der Waals surface area contributed by atoms with E-state index in [0.29, 0.717) is 32.7 Å². The van der Waals surface area contributed by atoms with Crippen LogP contribution < -0.4 is 5.56 Å². The van der Waals surface area contributed by atoms with Crippen molar-refractivity contribution in [3.63, 3.8) is 0 Å². The fourth-order valence-electron chi connectivity index (χ4n) is 3.99. The second-order valence-corrected chi connectivity index (χ2v) is 8.35. The number of aromatic nitrogens is 2. The number of amides is 2. The first kappa shape index (κ1) is 18.2. The summed E-state index contributed by atoms with van der Waals surface area (Å²) in [6.45, 7) is 4.17. The third-order valence-corrected chi connectivity index (χ3v) is 6.79. The predicted octanol–water partition coefficient (Wildman–Crippen LogP) is 1.42. The molecule has 0 aromatic carbocycles. The fraction of sp³-hybridized carbons (Fsp3) is 0.579. The van der Waals surface area contributed by atoms with Crippen LogP contribution in [0.25, 0.3) is 10.2 Å². The normalized spacial score (nSPS) is 17.2. The van der Waals surface area contributed by atoms with E-state index in [0.717, 1.165) is 29.5 Å². The highest BCUT2D eigenvalue weighted by molar-refractivity contribution is 7.18. The maximum Gasteiger partial charge on any atom is 0.262 e. The van der Waals surface area contributed by atoms with Crippen molar-refractivity contribution in [2.75, 3.05) is 26.2 Å². The molecule has 27 heavy (non-hydrogen) atoms. The van der Waals surface area contributed by atoms with Gasteiger partial charge in [-0.2, -0.15) is 0 Å². The van der Waals surface area contributed by atoms with Gasteiger partial charge >= 0.3 is 0 Å². The van der Waals surface area contributed by atoms with Gasteiger partial charge in [0.2, 0.25) is 11.8 Å². The minimum atomic E-state index is -0.0198. The molecule has 3 heterocycles. The molecule has 2 aliphatic rings. The number of fused-ring (bicyclic) bond motifs is 3. The Kier molecular flexibility index (Phi) is 4.99. The topological polar surface area (TPSA) is 75.5 Å². The molecule has 144 valence electrons. The summed E-state index contributed by atoms with van der Waals surface area (Å²) < 4.78 is 1.58. The average molecular weight is 388 g/mol. The van der Waals surface area contributed by atoms with Crippen LogP contribution in [0.3, 0.4) is 0 Å². The number of aryl methyl sites for hydroxylation is 3. The van der Waals surface area contributed by atoms with Gasteiger partial charge in [0.25, 0.3) is 5.56 Å². The number of piperazine rings is 1. The number of nitrogens with zero attached hydrogens (tertiary/aromatic N) is 4. The molecule has 2 amide bonds. The van der Waals surface area contributed by atoms with Gasteiger partial charge in [-0.25, -0.2) is 4.98 Å². The maximum absolute atomic E-state index is 12.9. The second kappa shape index (κ2) is 7.42. The zero-order chi connectivity index (χ0) is 19.0. The summed E-state index contributed by atoms with van der Waals surface area (Å²) >= 11 is 1.64. The van der Waals surface area contributed by atoms with Crippen LogP contribution in [0.2, 0.25) is 0 Å². The van der Waals surface area contributed by atoms with Gasteiger partial charge in [0, 0.05) is 50.9 Å². The van der Waals surface area contributed by atoms with E-state index < -0.39 is 0 Å². The van der Waals surface area contributed by atoms with Gasteiger partial charge in [0.15, 0.2) is 0 Å². The Balaban J connectivity index is 1.45. The van der Waals surface area contributed by atoms with Crippen LogP contribution >= 0.6 is 11.3 Å². The molecule has 0 bridgehead atoms. The largest absolute Gasteiger partial charge is 0.339 e. The monoisotopic (exact) mass is 388 g/mol. The number of hydrogen-bond donors (Lipinski definition) is 0. The minimum Gasteiger partial charge on any atom is -0.339 e. The van der Waals surface area contributed by atoms with Crippen LogP contribution in [0.15, 0.2) is 11.1 Å². The molecule has 7 nitrogen and oxygen atoms in total. The van der Waals surface area contributed by atoms with E-state index in [-0.39, 0.29) is 23.8 Å². The van der Waals surface area contributed by atoms with E-state index in [9.17, 15) is 14.4 Å². The van der Waals surface area contributed by atoms with Crippen LogP contribution in [-0.2, 0) is 29.0 Å². The first-order valence-corrected chi connectivity index (χ1v) is 10.4. The van der Waals surface area contributed by atoms with Crippen LogP contribution in [0.5, 0.6) is 0 Å². The lowest BCUT2D eigenvalue weighted by Crippen LogP contribution is -2.50. The van der Waals surface area contributed by atoms with Crippen molar-refractivity contribution in [2.24, 2.45) is 0 Å². The molecular weight excluding hydrogens is 364 g/mol. The Hall–Kier alpha value is -2.22. The van der Waals surface area contributed by atoms with Gasteiger partial charge in [-0.15, -0.1) is 11.3 Å². The number of carbonyl (C=O) groups excluding carboxylic acids is 2. The van der Waals surface area contributed by atoms with Gasteiger partial charge in [-0.1, -0.05) is 0 Å². The molecular formula is C19H24N4O3S. The molecule has 0 N–H and O–H groups in total. The zero-order valence-corrected chi connectivity index (χ0v) is 16.4. The third kappa shape index (κ3) is 3.50. The summed E-state index contributed by atoms with van der Waals surface area (Å²) in [5.74, 6) is 0.0738. The average Bonchev–Trinajstić information content (AvgIpc) is 3.06. The molecule has 0 spiro atoms. The van der Waals surface area contributed by atoms with Crippen molar-refractivity contribution >= 4 is 33.4 Å². The summed E-state index contributed by atoms with van der Waals surface area (Å²) in [7, 11) is 0. The Morgan fingerprint density at radius 2 is 1.81 bits per heavy atom. The van der Waals surface area contributed by atoms with E-state index in [1.54, 1.807) is 39.0 Å². The van der Waals surface area contributed by atoms with Gasteiger partial charge in [-0.3, -0.25) is 19.0 Å². The number of hydrogen-bond acceptors (Lipinski definition) is 5. The van der Waals surface area contributed by atoms with Crippen LogP contribution in [0.4, 0.5) is 0 Å². The molecule has 0 atom stereocenters. The smallest absolute Gasteiger partial charge is 0.262 e. The predicted molar refractivity (Wildman–Crippen MR) is 104 cm³/mol. The van der Waals surface area contributed by atoms with E-state index in [1.165, 1.54) is 16.9 Å². The highest BCUT2D eigenvalue weighted by atomic mass is 32.1. The first-order chi connectivity index (χ1) is 13.0. The molecule has 8 heteroatoms. The quantitative estimate of drug-likeness (QED) is 0.797. The standard InChI is InChI=1S/C19H24N4O3S/c1-13(24)21-8-10-22(11-9-21)16(25)6-7-23-12-20-18-17(19(23)26)14-4-2-3-5-15(14)27-18/h12H,2-11H2,1H3. The molecule has 1 aliphatic heterocycles. The number of thiophene rings is 1. The molecule has 1 aliphatic carbocycles. The molecule has 0 radical (unpaired) electrons. The third-order valence-electron chi connectivity index (χ3n) is 5.59. The lowest BCUT2D eigenvalue weighted by molar-refractivity contribution is -0.138. The molecule has 2 aromatic heterocycles. The van der Waals surface area contributed by atoms with Crippen LogP contribution in [0, 0.1) is 0 Å². The number of rotatable bonds is 3. The summed E-state index contributed by atoms with van der Waals surface area (Å²) in [6, 6.07) is 0. The summed E-state index contributed by atoms with van der Waals surface area (Å²) in [5.41, 5.74) is 1.16.